The summed E-state index contributed by atoms with van der Waals surface area (Å²) in [6.45, 7) is 0.525. The highest BCUT2D eigenvalue weighted by Crippen LogP contribution is 2.29. The Kier molecular flexibility index (Phi) is 4.17. The molecule has 0 saturated carbocycles. The molecule has 1 aromatic carbocycles. The topological polar surface area (TPSA) is 82.8 Å². The van der Waals surface area contributed by atoms with Gasteiger partial charge in [-0.25, -0.2) is 0 Å². The van der Waals surface area contributed by atoms with E-state index in [0.29, 0.717) is 18.7 Å². The summed E-state index contributed by atoms with van der Waals surface area (Å²) >= 11 is 3.41. The number of amides is 1. The van der Waals surface area contributed by atoms with Crippen LogP contribution in [0.15, 0.2) is 33.4 Å². The Hall–Kier alpha value is -1.86. The number of aliphatic carboxylic acids is 1. The smallest absolute Gasteiger partial charge is 0.317 e. The van der Waals surface area contributed by atoms with Crippen molar-refractivity contribution in [2.45, 2.75) is 18.9 Å². The Morgan fingerprint density at radius 1 is 1.45 bits per heavy atom. The van der Waals surface area contributed by atoms with E-state index in [-0.39, 0.29) is 12.5 Å². The number of benzene rings is 1. The zero-order valence-electron chi connectivity index (χ0n) is 11.7. The summed E-state index contributed by atoms with van der Waals surface area (Å²) in [4.78, 5) is 25.0. The average Bonchev–Trinajstić information content (AvgIpc) is 3.06. The number of carbonyl (C=O) groups excluding carboxylic acids is 1. The molecular weight excluding hydrogens is 352 g/mol. The molecule has 0 spiro atoms. The zero-order chi connectivity index (χ0) is 15.7. The van der Waals surface area contributed by atoms with E-state index in [4.69, 9.17) is 9.52 Å². The maximum atomic E-state index is 12.4. The quantitative estimate of drug-likeness (QED) is 0.868. The number of carbonyl (C=O) groups is 2. The standard InChI is InChI=1S/C15H15BrN2O4/c16-11-7-10(6-9-3-5-22-14(9)11)17-15(21)12-2-1-4-18(12)8-13(19)20/h3,5-7,12H,1-2,4,8H2,(H,17,21)(H,19,20). The van der Waals surface area contributed by atoms with Gasteiger partial charge in [0.15, 0.2) is 0 Å². The van der Waals surface area contributed by atoms with Crippen LogP contribution in [0.25, 0.3) is 11.0 Å². The molecule has 3 rings (SSSR count). The van der Waals surface area contributed by atoms with Crippen molar-refractivity contribution in [2.75, 3.05) is 18.4 Å². The summed E-state index contributed by atoms with van der Waals surface area (Å²) in [6, 6.07) is 5.04. The minimum Gasteiger partial charge on any atom is -0.480 e. The lowest BCUT2D eigenvalue weighted by atomic mass is 10.2. The van der Waals surface area contributed by atoms with Gasteiger partial charge < -0.3 is 14.8 Å². The maximum Gasteiger partial charge on any atom is 0.317 e. The van der Waals surface area contributed by atoms with Gasteiger partial charge in [0.25, 0.3) is 0 Å². The van der Waals surface area contributed by atoms with E-state index in [2.05, 4.69) is 21.2 Å². The highest BCUT2D eigenvalue weighted by molar-refractivity contribution is 9.10. The number of furan rings is 1. The number of likely N-dealkylation sites (tertiary alicyclic amines) is 1. The highest BCUT2D eigenvalue weighted by Gasteiger charge is 2.31. The largest absolute Gasteiger partial charge is 0.480 e. The molecule has 1 fully saturated rings. The predicted octanol–water partition coefficient (Wildman–Crippen LogP) is 2.68. The Morgan fingerprint density at radius 2 is 2.27 bits per heavy atom. The summed E-state index contributed by atoms with van der Waals surface area (Å²) in [5.74, 6) is -1.09. The first-order valence-corrected chi connectivity index (χ1v) is 7.77. The number of fused-ring (bicyclic) bond motifs is 1. The molecule has 1 aliphatic rings. The Bertz CT molecular complexity index is 727. The number of rotatable bonds is 4. The van der Waals surface area contributed by atoms with Crippen LogP contribution in [0.3, 0.4) is 0 Å². The average molecular weight is 367 g/mol. The van der Waals surface area contributed by atoms with Crippen molar-refractivity contribution in [3.05, 3.63) is 28.9 Å². The van der Waals surface area contributed by atoms with Crippen LogP contribution in [0.1, 0.15) is 12.8 Å². The molecule has 6 nitrogen and oxygen atoms in total. The van der Waals surface area contributed by atoms with Crippen LogP contribution < -0.4 is 5.32 Å². The van der Waals surface area contributed by atoms with Crippen LogP contribution in [0.4, 0.5) is 5.69 Å². The monoisotopic (exact) mass is 366 g/mol. The van der Waals surface area contributed by atoms with Gasteiger partial charge in [-0.15, -0.1) is 0 Å². The zero-order valence-corrected chi connectivity index (χ0v) is 13.3. The van der Waals surface area contributed by atoms with E-state index in [0.717, 1.165) is 21.9 Å². The number of nitrogens with one attached hydrogen (secondary N) is 1. The fraction of sp³-hybridized carbons (Fsp3) is 0.333. The molecular formula is C15H15BrN2O4. The first-order chi connectivity index (χ1) is 10.5. The van der Waals surface area contributed by atoms with E-state index in [1.807, 2.05) is 12.1 Å². The number of nitrogens with zero attached hydrogens (tertiary/aromatic N) is 1. The van der Waals surface area contributed by atoms with Gasteiger partial charge in [-0.1, -0.05) is 0 Å². The minimum absolute atomic E-state index is 0.109. The molecule has 0 bridgehead atoms. The first-order valence-electron chi connectivity index (χ1n) is 6.98. The van der Waals surface area contributed by atoms with Gasteiger partial charge in [0.2, 0.25) is 5.91 Å². The van der Waals surface area contributed by atoms with Gasteiger partial charge in [0.05, 0.1) is 23.3 Å². The summed E-state index contributed by atoms with van der Waals surface area (Å²) in [7, 11) is 0. The molecule has 2 heterocycles. The number of carboxylic acids is 1. The third-order valence-corrected chi connectivity index (χ3v) is 4.37. The van der Waals surface area contributed by atoms with Gasteiger partial charge >= 0.3 is 5.97 Å². The molecule has 1 saturated heterocycles. The molecule has 1 unspecified atom stereocenters. The molecule has 1 aromatic heterocycles. The molecule has 1 aliphatic heterocycles. The number of hydrogen-bond acceptors (Lipinski definition) is 4. The normalized spacial score (nSPS) is 18.7. The predicted molar refractivity (Wildman–Crippen MR) is 84.8 cm³/mol. The van der Waals surface area contributed by atoms with E-state index >= 15 is 0 Å². The Labute approximate surface area is 135 Å². The molecule has 2 N–H and O–H groups in total. The molecule has 7 heteroatoms. The molecule has 116 valence electrons. The summed E-state index contributed by atoms with van der Waals surface area (Å²) in [5.41, 5.74) is 1.39. The third-order valence-electron chi connectivity index (χ3n) is 3.78. The summed E-state index contributed by atoms with van der Waals surface area (Å²) in [5, 5.41) is 12.7. The Morgan fingerprint density at radius 3 is 3.05 bits per heavy atom. The van der Waals surface area contributed by atoms with Crippen LogP contribution in [0.2, 0.25) is 0 Å². The highest BCUT2D eigenvalue weighted by atomic mass is 79.9. The summed E-state index contributed by atoms with van der Waals surface area (Å²) in [6.07, 6.45) is 3.09. The lowest BCUT2D eigenvalue weighted by molar-refractivity contribution is -0.139. The van der Waals surface area contributed by atoms with Crippen molar-refractivity contribution < 1.29 is 19.1 Å². The minimum atomic E-state index is -0.915. The fourth-order valence-corrected chi connectivity index (χ4v) is 3.39. The number of anilines is 1. The van der Waals surface area contributed by atoms with E-state index in [1.54, 1.807) is 17.2 Å². The van der Waals surface area contributed by atoms with Gasteiger partial charge in [-0.2, -0.15) is 0 Å². The van der Waals surface area contributed by atoms with Gasteiger partial charge in [-0.05, 0) is 53.5 Å². The molecule has 0 radical (unpaired) electrons. The van der Waals surface area contributed by atoms with Gasteiger partial charge in [0.1, 0.15) is 5.58 Å². The third kappa shape index (κ3) is 3.00. The van der Waals surface area contributed by atoms with Crippen molar-refractivity contribution in [2.24, 2.45) is 0 Å². The van der Waals surface area contributed by atoms with E-state index in [9.17, 15) is 9.59 Å². The number of halogens is 1. The lowest BCUT2D eigenvalue weighted by Gasteiger charge is -2.21. The van der Waals surface area contributed by atoms with Crippen LogP contribution in [0.5, 0.6) is 0 Å². The lowest BCUT2D eigenvalue weighted by Crippen LogP contribution is -2.42. The SMILES string of the molecule is O=C(O)CN1CCCC1C(=O)Nc1cc(Br)c2occc2c1. The van der Waals surface area contributed by atoms with Crippen molar-refractivity contribution in [3.8, 4) is 0 Å². The fourth-order valence-electron chi connectivity index (χ4n) is 2.82. The Balaban J connectivity index is 1.76. The van der Waals surface area contributed by atoms with Crippen LogP contribution in [0, 0.1) is 0 Å². The van der Waals surface area contributed by atoms with Gasteiger partial charge in [0, 0.05) is 11.1 Å². The van der Waals surface area contributed by atoms with E-state index < -0.39 is 12.0 Å². The summed E-state index contributed by atoms with van der Waals surface area (Å²) < 4.78 is 6.10. The second-order valence-electron chi connectivity index (χ2n) is 5.31. The molecule has 22 heavy (non-hydrogen) atoms. The van der Waals surface area contributed by atoms with Crippen molar-refractivity contribution in [3.63, 3.8) is 0 Å². The first kappa shape index (κ1) is 15.1. The van der Waals surface area contributed by atoms with Crippen LogP contribution in [-0.4, -0.2) is 41.0 Å². The second kappa shape index (κ2) is 6.10. The number of hydrogen-bond donors (Lipinski definition) is 2. The molecule has 0 aliphatic carbocycles. The van der Waals surface area contributed by atoms with Crippen molar-refractivity contribution in [1.29, 1.82) is 0 Å². The van der Waals surface area contributed by atoms with Crippen molar-refractivity contribution in [1.82, 2.24) is 4.90 Å². The second-order valence-corrected chi connectivity index (χ2v) is 6.16. The molecule has 1 amide bonds. The molecule has 2 aromatic rings. The molecule has 1 atom stereocenters. The van der Waals surface area contributed by atoms with Gasteiger partial charge in [-0.3, -0.25) is 14.5 Å². The van der Waals surface area contributed by atoms with E-state index in [1.165, 1.54) is 0 Å². The maximum absolute atomic E-state index is 12.4. The van der Waals surface area contributed by atoms with Crippen molar-refractivity contribution >= 4 is 44.5 Å². The van der Waals surface area contributed by atoms with Crippen LogP contribution in [-0.2, 0) is 9.59 Å². The van der Waals surface area contributed by atoms with Crippen LogP contribution >= 0.6 is 15.9 Å². The number of carboxylic acid groups (broad SMARTS) is 1.